The summed E-state index contributed by atoms with van der Waals surface area (Å²) in [5.74, 6) is 0.670. The van der Waals surface area contributed by atoms with E-state index in [0.717, 1.165) is 0 Å². The number of methoxy groups -OCH3 is 1. The fraction of sp³-hybridized carbons (Fsp3) is 0.227. The fourth-order valence-corrected chi connectivity index (χ4v) is 2.64. The number of hydrogen-bond acceptors (Lipinski definition) is 7. The minimum absolute atomic E-state index is 0.233. The van der Waals surface area contributed by atoms with Gasteiger partial charge < -0.3 is 24.1 Å². The third-order valence-electron chi connectivity index (χ3n) is 4.16. The summed E-state index contributed by atoms with van der Waals surface area (Å²) in [6, 6.07) is 17.0. The van der Waals surface area contributed by atoms with Crippen LogP contribution in [0.3, 0.4) is 0 Å². The predicted octanol–water partition coefficient (Wildman–Crippen LogP) is 3.68. The molecule has 3 rings (SSSR count). The van der Waals surface area contributed by atoms with Crippen LogP contribution < -0.4 is 14.8 Å². The monoisotopic (exact) mass is 410 g/mol. The number of anilines is 1. The van der Waals surface area contributed by atoms with Crippen molar-refractivity contribution >= 4 is 17.7 Å². The average molecular weight is 410 g/mol. The van der Waals surface area contributed by atoms with Gasteiger partial charge in [0.25, 0.3) is 5.91 Å². The van der Waals surface area contributed by atoms with Crippen molar-refractivity contribution in [3.63, 3.8) is 0 Å². The first-order valence-corrected chi connectivity index (χ1v) is 9.26. The lowest BCUT2D eigenvalue weighted by Crippen LogP contribution is -2.32. The van der Waals surface area contributed by atoms with Crippen LogP contribution in [0, 0.1) is 6.92 Å². The molecule has 1 heterocycles. The summed E-state index contributed by atoms with van der Waals surface area (Å²) in [7, 11) is 1.56. The number of amides is 1. The number of aromatic nitrogens is 1. The van der Waals surface area contributed by atoms with Gasteiger partial charge in [-0.1, -0.05) is 35.5 Å². The highest BCUT2D eigenvalue weighted by Crippen LogP contribution is 2.23. The summed E-state index contributed by atoms with van der Waals surface area (Å²) in [4.78, 5) is 25.4. The molecular formula is C22H22N2O6. The lowest BCUT2D eigenvalue weighted by atomic mass is 10.1. The second-order valence-corrected chi connectivity index (χ2v) is 6.48. The first kappa shape index (κ1) is 20.9. The smallest absolute Gasteiger partial charge is 0.348 e. The van der Waals surface area contributed by atoms with Crippen molar-refractivity contribution in [1.29, 1.82) is 0 Å². The van der Waals surface area contributed by atoms with Gasteiger partial charge in [0.05, 0.1) is 7.11 Å². The molecule has 0 fully saturated rings. The lowest BCUT2D eigenvalue weighted by Gasteiger charge is -2.20. The second kappa shape index (κ2) is 9.60. The maximum absolute atomic E-state index is 12.8. The molecule has 8 nitrogen and oxygen atoms in total. The van der Waals surface area contributed by atoms with Crippen molar-refractivity contribution in [3.05, 3.63) is 72.0 Å². The van der Waals surface area contributed by atoms with E-state index in [9.17, 15) is 9.59 Å². The van der Waals surface area contributed by atoms with E-state index < -0.39 is 24.1 Å². The molecule has 0 saturated carbocycles. The van der Waals surface area contributed by atoms with Crippen LogP contribution in [0.15, 0.2) is 65.2 Å². The number of aryl methyl sites for hydroxylation is 1. The van der Waals surface area contributed by atoms with E-state index >= 15 is 0 Å². The van der Waals surface area contributed by atoms with Gasteiger partial charge in [-0.15, -0.1) is 0 Å². The highest BCUT2D eigenvalue weighted by Gasteiger charge is 2.29. The van der Waals surface area contributed by atoms with Crippen LogP contribution in [0.5, 0.6) is 11.5 Å². The van der Waals surface area contributed by atoms with Crippen molar-refractivity contribution in [1.82, 2.24) is 5.16 Å². The Bertz CT molecular complexity index is 984. The van der Waals surface area contributed by atoms with Crippen LogP contribution >= 0.6 is 0 Å². The molecule has 0 aliphatic rings. The number of esters is 1. The standard InChI is InChI=1S/C22H22N2O6/c1-14-13-19(24-30-14)23-21(25)20(16-7-5-4-6-8-16)29-22(26)15(2)28-18-11-9-17(27-3)10-12-18/h4-13,15,20H,1-3H3,(H,23,24,25). The van der Waals surface area contributed by atoms with Crippen LogP contribution in [0.4, 0.5) is 5.82 Å². The molecule has 0 saturated heterocycles. The maximum atomic E-state index is 12.8. The molecule has 2 atom stereocenters. The normalized spacial score (nSPS) is 12.5. The van der Waals surface area contributed by atoms with Crippen LogP contribution in [0.1, 0.15) is 24.4 Å². The topological polar surface area (TPSA) is 99.9 Å². The third kappa shape index (κ3) is 5.38. The lowest BCUT2D eigenvalue weighted by molar-refractivity contribution is -0.161. The third-order valence-corrected chi connectivity index (χ3v) is 4.16. The number of nitrogens with zero attached hydrogens (tertiary/aromatic N) is 1. The molecule has 0 aliphatic heterocycles. The Labute approximate surface area is 173 Å². The predicted molar refractivity (Wildman–Crippen MR) is 108 cm³/mol. The number of benzene rings is 2. The summed E-state index contributed by atoms with van der Waals surface area (Å²) in [6.07, 6.45) is -2.12. The van der Waals surface area contributed by atoms with Crippen LogP contribution in [0.2, 0.25) is 0 Å². The van der Waals surface area contributed by atoms with Gasteiger partial charge in [-0.3, -0.25) is 4.79 Å². The van der Waals surface area contributed by atoms with Crippen LogP contribution in [0.25, 0.3) is 0 Å². The van der Waals surface area contributed by atoms with Gasteiger partial charge in [0.15, 0.2) is 11.9 Å². The van der Waals surface area contributed by atoms with Crippen LogP contribution in [-0.2, 0) is 14.3 Å². The number of hydrogen-bond donors (Lipinski definition) is 1. The van der Waals surface area contributed by atoms with Crippen molar-refractivity contribution in [3.8, 4) is 11.5 Å². The first-order valence-electron chi connectivity index (χ1n) is 9.26. The van der Waals surface area contributed by atoms with Gasteiger partial charge in [-0.2, -0.15) is 0 Å². The Morgan fingerprint density at radius 2 is 1.70 bits per heavy atom. The largest absolute Gasteiger partial charge is 0.497 e. The van der Waals surface area contributed by atoms with Crippen molar-refractivity contribution in [2.24, 2.45) is 0 Å². The minimum Gasteiger partial charge on any atom is -0.497 e. The number of rotatable bonds is 8. The van der Waals surface area contributed by atoms with E-state index in [0.29, 0.717) is 22.8 Å². The molecule has 1 N–H and O–H groups in total. The van der Waals surface area contributed by atoms with Crippen molar-refractivity contribution in [2.45, 2.75) is 26.1 Å². The van der Waals surface area contributed by atoms with Gasteiger partial charge in [0, 0.05) is 11.6 Å². The van der Waals surface area contributed by atoms with Gasteiger partial charge >= 0.3 is 5.97 Å². The Kier molecular flexibility index (Phi) is 6.69. The van der Waals surface area contributed by atoms with E-state index in [1.807, 2.05) is 0 Å². The molecule has 8 heteroatoms. The Morgan fingerprint density at radius 1 is 1.03 bits per heavy atom. The maximum Gasteiger partial charge on any atom is 0.348 e. The molecule has 30 heavy (non-hydrogen) atoms. The zero-order valence-corrected chi connectivity index (χ0v) is 16.8. The molecule has 0 spiro atoms. The molecule has 0 aliphatic carbocycles. The first-order chi connectivity index (χ1) is 14.5. The van der Waals surface area contributed by atoms with Crippen LogP contribution in [-0.4, -0.2) is 30.2 Å². The highest BCUT2D eigenvalue weighted by molar-refractivity contribution is 5.95. The highest BCUT2D eigenvalue weighted by atomic mass is 16.6. The van der Waals surface area contributed by atoms with E-state index in [1.54, 1.807) is 81.6 Å². The summed E-state index contributed by atoms with van der Waals surface area (Å²) in [5, 5.41) is 6.33. The Hall–Kier alpha value is -3.81. The number of carbonyl (C=O) groups excluding carboxylic acids is 2. The van der Waals surface area contributed by atoms with Gasteiger partial charge in [0.2, 0.25) is 6.10 Å². The van der Waals surface area contributed by atoms with Gasteiger partial charge in [-0.25, -0.2) is 4.79 Å². The quantitative estimate of drug-likeness (QED) is 0.566. The molecule has 2 aromatic carbocycles. The average Bonchev–Trinajstić information content (AvgIpc) is 3.17. The summed E-state index contributed by atoms with van der Waals surface area (Å²) in [6.45, 7) is 3.25. The summed E-state index contributed by atoms with van der Waals surface area (Å²) in [5.41, 5.74) is 0.514. The van der Waals surface area contributed by atoms with Gasteiger partial charge in [0.1, 0.15) is 17.3 Å². The van der Waals surface area contributed by atoms with Crippen molar-refractivity contribution < 1.29 is 28.3 Å². The van der Waals surface area contributed by atoms with Crippen molar-refractivity contribution in [2.75, 3.05) is 12.4 Å². The number of nitrogens with one attached hydrogen (secondary N) is 1. The summed E-state index contributed by atoms with van der Waals surface area (Å²) >= 11 is 0. The number of carbonyl (C=O) groups is 2. The molecule has 156 valence electrons. The Morgan fingerprint density at radius 3 is 2.30 bits per heavy atom. The zero-order valence-electron chi connectivity index (χ0n) is 16.8. The molecule has 1 amide bonds. The molecule has 0 radical (unpaired) electrons. The second-order valence-electron chi connectivity index (χ2n) is 6.48. The van der Waals surface area contributed by atoms with E-state index in [1.165, 1.54) is 0 Å². The Balaban J connectivity index is 1.71. The van der Waals surface area contributed by atoms with E-state index in [2.05, 4.69) is 10.5 Å². The fourth-order valence-electron chi connectivity index (χ4n) is 2.64. The minimum atomic E-state index is -1.18. The van der Waals surface area contributed by atoms with E-state index in [-0.39, 0.29) is 5.82 Å². The van der Waals surface area contributed by atoms with E-state index in [4.69, 9.17) is 18.7 Å². The zero-order chi connectivity index (χ0) is 21.5. The number of ether oxygens (including phenoxy) is 3. The summed E-state index contributed by atoms with van der Waals surface area (Å²) < 4.78 is 21.2. The SMILES string of the molecule is COc1ccc(OC(C)C(=O)OC(C(=O)Nc2cc(C)on2)c2ccccc2)cc1. The molecule has 2 unspecified atom stereocenters. The molecule has 1 aromatic heterocycles. The van der Waals surface area contributed by atoms with Gasteiger partial charge in [-0.05, 0) is 38.1 Å². The molecular weight excluding hydrogens is 388 g/mol. The molecule has 3 aromatic rings. The molecule has 0 bridgehead atoms.